The zero-order chi connectivity index (χ0) is 12.3. The Labute approximate surface area is 96.9 Å². The van der Waals surface area contributed by atoms with E-state index >= 15 is 0 Å². The molecule has 0 saturated carbocycles. The van der Waals surface area contributed by atoms with E-state index in [2.05, 4.69) is 4.98 Å². The highest BCUT2D eigenvalue weighted by molar-refractivity contribution is 5.31. The van der Waals surface area contributed by atoms with Crippen LogP contribution in [0.2, 0.25) is 0 Å². The smallest absolute Gasteiger partial charge is 0.133 e. The molecule has 0 aliphatic carbocycles. The van der Waals surface area contributed by atoms with Crippen LogP contribution < -0.4 is 10.5 Å². The minimum absolute atomic E-state index is 0.0941. The average molecular weight is 236 g/mol. The van der Waals surface area contributed by atoms with Gasteiger partial charge in [0.2, 0.25) is 0 Å². The molecule has 0 saturated heterocycles. The predicted molar refractivity (Wildman–Crippen MR) is 58.6 cm³/mol. The van der Waals surface area contributed by atoms with Gasteiger partial charge in [0.05, 0.1) is 5.69 Å². The lowest BCUT2D eigenvalue weighted by atomic mass is 10.3. The molecule has 0 spiro atoms. The van der Waals surface area contributed by atoms with Crippen molar-refractivity contribution >= 4 is 0 Å². The number of aromatic nitrogens is 1. The van der Waals surface area contributed by atoms with Gasteiger partial charge in [-0.1, -0.05) is 0 Å². The summed E-state index contributed by atoms with van der Waals surface area (Å²) in [5.74, 6) is -0.844. The van der Waals surface area contributed by atoms with E-state index in [-0.39, 0.29) is 12.3 Å². The molecule has 0 amide bonds. The fraction of sp³-hybridized carbons (Fsp3) is 0.0833. The minimum Gasteiger partial charge on any atom is -0.457 e. The molecule has 1 aromatic heterocycles. The van der Waals surface area contributed by atoms with Gasteiger partial charge in [-0.05, 0) is 6.07 Å². The van der Waals surface area contributed by atoms with Crippen molar-refractivity contribution in [1.29, 1.82) is 0 Å². The van der Waals surface area contributed by atoms with E-state index in [4.69, 9.17) is 10.5 Å². The monoisotopic (exact) mass is 236 g/mol. The molecule has 1 heterocycles. The highest BCUT2D eigenvalue weighted by Gasteiger charge is 2.03. The van der Waals surface area contributed by atoms with Crippen LogP contribution in [0.1, 0.15) is 5.69 Å². The van der Waals surface area contributed by atoms with Crippen LogP contribution in [0.5, 0.6) is 11.5 Å². The van der Waals surface area contributed by atoms with Crippen molar-refractivity contribution in [3.8, 4) is 11.5 Å². The van der Waals surface area contributed by atoms with Crippen molar-refractivity contribution in [3.63, 3.8) is 0 Å². The van der Waals surface area contributed by atoms with Crippen molar-refractivity contribution in [1.82, 2.24) is 4.98 Å². The molecule has 0 atom stereocenters. The molecular formula is C12H10F2N2O. The summed E-state index contributed by atoms with van der Waals surface area (Å²) in [6.45, 7) is 0.273. The van der Waals surface area contributed by atoms with Gasteiger partial charge in [-0.15, -0.1) is 0 Å². The molecule has 2 N–H and O–H groups in total. The standard InChI is InChI=1S/C12H10F2N2O/c13-8-3-9(14)5-12(4-8)17-11-1-2-16-10(6-11)7-15/h1-6H,7,15H2. The third-order valence-corrected chi connectivity index (χ3v) is 2.07. The Kier molecular flexibility index (Phi) is 3.30. The third-order valence-electron chi connectivity index (χ3n) is 2.07. The maximum atomic E-state index is 12.9. The molecule has 2 aromatic rings. The summed E-state index contributed by atoms with van der Waals surface area (Å²) in [6, 6.07) is 6.19. The van der Waals surface area contributed by atoms with Crippen LogP contribution in [0.25, 0.3) is 0 Å². The number of nitrogens with zero attached hydrogens (tertiary/aromatic N) is 1. The lowest BCUT2D eigenvalue weighted by Gasteiger charge is -2.06. The highest BCUT2D eigenvalue weighted by Crippen LogP contribution is 2.23. The molecule has 0 aliphatic rings. The zero-order valence-electron chi connectivity index (χ0n) is 8.86. The van der Waals surface area contributed by atoms with Crippen molar-refractivity contribution in [3.05, 3.63) is 53.9 Å². The SMILES string of the molecule is NCc1cc(Oc2cc(F)cc(F)c2)ccn1. The maximum absolute atomic E-state index is 12.9. The van der Waals surface area contributed by atoms with Gasteiger partial charge in [-0.25, -0.2) is 8.78 Å². The fourth-order valence-electron chi connectivity index (χ4n) is 1.35. The Balaban J connectivity index is 2.24. The normalized spacial score (nSPS) is 10.3. The number of halogens is 2. The second-order valence-electron chi connectivity index (χ2n) is 3.39. The number of benzene rings is 1. The van der Waals surface area contributed by atoms with Gasteiger partial charge in [0.25, 0.3) is 0 Å². The number of hydrogen-bond donors (Lipinski definition) is 1. The Morgan fingerprint density at radius 3 is 2.41 bits per heavy atom. The second-order valence-corrected chi connectivity index (χ2v) is 3.39. The largest absolute Gasteiger partial charge is 0.457 e. The first kappa shape index (κ1) is 11.5. The zero-order valence-corrected chi connectivity index (χ0v) is 8.86. The molecule has 0 aliphatic heterocycles. The van der Waals surface area contributed by atoms with Crippen molar-refractivity contribution in [2.75, 3.05) is 0 Å². The van der Waals surface area contributed by atoms with Crippen LogP contribution in [0, 0.1) is 11.6 Å². The maximum Gasteiger partial charge on any atom is 0.133 e. The summed E-state index contributed by atoms with van der Waals surface area (Å²) in [7, 11) is 0. The Morgan fingerprint density at radius 2 is 1.76 bits per heavy atom. The van der Waals surface area contributed by atoms with Gasteiger partial charge in [-0.2, -0.15) is 0 Å². The Bertz CT molecular complexity index is 511. The fourth-order valence-corrected chi connectivity index (χ4v) is 1.35. The van der Waals surface area contributed by atoms with Crippen LogP contribution in [0.4, 0.5) is 8.78 Å². The summed E-state index contributed by atoms with van der Waals surface area (Å²) in [4.78, 5) is 3.98. The number of rotatable bonds is 3. The number of nitrogens with two attached hydrogens (primary N) is 1. The first-order chi connectivity index (χ1) is 8.17. The van der Waals surface area contributed by atoms with E-state index in [1.165, 1.54) is 6.20 Å². The van der Waals surface area contributed by atoms with Gasteiger partial charge < -0.3 is 10.5 Å². The van der Waals surface area contributed by atoms with E-state index in [0.717, 1.165) is 18.2 Å². The lowest BCUT2D eigenvalue weighted by Crippen LogP contribution is -1.99. The summed E-state index contributed by atoms with van der Waals surface area (Å²) >= 11 is 0. The van der Waals surface area contributed by atoms with Gasteiger partial charge in [-0.3, -0.25) is 4.98 Å². The summed E-state index contributed by atoms with van der Waals surface area (Å²) < 4.78 is 31.2. The van der Waals surface area contributed by atoms with Crippen molar-refractivity contribution < 1.29 is 13.5 Å². The van der Waals surface area contributed by atoms with Crippen LogP contribution in [0.3, 0.4) is 0 Å². The third kappa shape index (κ3) is 2.98. The molecule has 0 fully saturated rings. The van der Waals surface area contributed by atoms with Crippen LogP contribution in [-0.4, -0.2) is 4.98 Å². The second kappa shape index (κ2) is 4.88. The first-order valence-electron chi connectivity index (χ1n) is 4.96. The summed E-state index contributed by atoms with van der Waals surface area (Å²) in [5, 5.41) is 0. The van der Waals surface area contributed by atoms with Gasteiger partial charge in [0, 0.05) is 37.0 Å². The number of pyridine rings is 1. The molecule has 2 rings (SSSR count). The van der Waals surface area contributed by atoms with E-state index in [0.29, 0.717) is 11.4 Å². The molecule has 0 bridgehead atoms. The van der Waals surface area contributed by atoms with E-state index in [1.54, 1.807) is 12.1 Å². The van der Waals surface area contributed by atoms with Gasteiger partial charge in [0.1, 0.15) is 23.1 Å². The first-order valence-corrected chi connectivity index (χ1v) is 4.96. The van der Waals surface area contributed by atoms with E-state index in [9.17, 15) is 8.78 Å². The Hall–Kier alpha value is -2.01. The molecule has 3 nitrogen and oxygen atoms in total. The summed E-state index contributed by atoms with van der Waals surface area (Å²) in [6.07, 6.45) is 1.52. The van der Waals surface area contributed by atoms with Crippen molar-refractivity contribution in [2.24, 2.45) is 5.73 Å². The van der Waals surface area contributed by atoms with Gasteiger partial charge >= 0.3 is 0 Å². The molecule has 17 heavy (non-hydrogen) atoms. The number of hydrogen-bond acceptors (Lipinski definition) is 3. The van der Waals surface area contributed by atoms with E-state index in [1.807, 2.05) is 0 Å². The molecular weight excluding hydrogens is 226 g/mol. The predicted octanol–water partition coefficient (Wildman–Crippen LogP) is 2.61. The quantitative estimate of drug-likeness (QED) is 0.891. The Morgan fingerprint density at radius 1 is 1.06 bits per heavy atom. The lowest BCUT2D eigenvalue weighted by molar-refractivity contribution is 0.467. The van der Waals surface area contributed by atoms with Crippen molar-refractivity contribution in [2.45, 2.75) is 6.54 Å². The van der Waals surface area contributed by atoms with Crippen LogP contribution in [-0.2, 0) is 6.54 Å². The minimum atomic E-state index is -0.687. The molecule has 0 unspecified atom stereocenters. The topological polar surface area (TPSA) is 48.1 Å². The highest BCUT2D eigenvalue weighted by atomic mass is 19.1. The van der Waals surface area contributed by atoms with E-state index < -0.39 is 11.6 Å². The molecule has 1 aromatic carbocycles. The molecule has 88 valence electrons. The van der Waals surface area contributed by atoms with Crippen LogP contribution >= 0.6 is 0 Å². The molecule has 0 radical (unpaired) electrons. The van der Waals surface area contributed by atoms with Crippen LogP contribution in [0.15, 0.2) is 36.5 Å². The van der Waals surface area contributed by atoms with Gasteiger partial charge in [0.15, 0.2) is 0 Å². The average Bonchev–Trinajstić information content (AvgIpc) is 2.28. The molecule has 5 heteroatoms. The summed E-state index contributed by atoms with van der Waals surface area (Å²) in [5.41, 5.74) is 6.06. The number of ether oxygens (including phenoxy) is 1.